The number of phenolic OH excluding ortho intramolecular Hbond substituents is 1. The number of nitrogens with one attached hydrogen (secondary N) is 1. The second-order valence-electron chi connectivity index (χ2n) is 4.59. The predicted octanol–water partition coefficient (Wildman–Crippen LogP) is 1.88. The largest absolute Gasteiger partial charge is 0.508 e. The Bertz CT molecular complexity index is 622. The SMILES string of the molecule is O=C(Cc1ccc(O)cc1)N[C@@H](C(=O)O)c1ccccc1. The summed E-state index contributed by atoms with van der Waals surface area (Å²) in [7, 11) is 0. The van der Waals surface area contributed by atoms with Crippen LogP contribution in [0, 0.1) is 0 Å². The third-order valence-electron chi connectivity index (χ3n) is 2.99. The van der Waals surface area contributed by atoms with Crippen LogP contribution >= 0.6 is 0 Å². The molecule has 1 amide bonds. The molecule has 1 atom stereocenters. The molecule has 0 spiro atoms. The summed E-state index contributed by atoms with van der Waals surface area (Å²) >= 11 is 0. The summed E-state index contributed by atoms with van der Waals surface area (Å²) in [5, 5.41) is 20.9. The highest BCUT2D eigenvalue weighted by molar-refractivity contribution is 5.85. The molecule has 3 N–H and O–H groups in total. The molecule has 0 fully saturated rings. The molecule has 0 aliphatic carbocycles. The zero-order valence-corrected chi connectivity index (χ0v) is 11.2. The number of carbonyl (C=O) groups is 2. The molecular formula is C16H15NO4. The molecule has 5 heteroatoms. The molecule has 0 saturated heterocycles. The second kappa shape index (κ2) is 6.56. The van der Waals surface area contributed by atoms with Crippen molar-refractivity contribution in [1.29, 1.82) is 0 Å². The van der Waals surface area contributed by atoms with Gasteiger partial charge in [-0.15, -0.1) is 0 Å². The minimum atomic E-state index is -1.11. The maximum absolute atomic E-state index is 11.9. The Balaban J connectivity index is 2.05. The number of phenols is 1. The zero-order valence-electron chi connectivity index (χ0n) is 11.2. The van der Waals surface area contributed by atoms with Gasteiger partial charge in [0.15, 0.2) is 6.04 Å². The van der Waals surface area contributed by atoms with E-state index >= 15 is 0 Å². The highest BCUT2D eigenvalue weighted by Gasteiger charge is 2.21. The van der Waals surface area contributed by atoms with Crippen LogP contribution in [0.1, 0.15) is 17.2 Å². The van der Waals surface area contributed by atoms with E-state index in [4.69, 9.17) is 0 Å². The average molecular weight is 285 g/mol. The van der Waals surface area contributed by atoms with Crippen LogP contribution < -0.4 is 5.32 Å². The molecule has 0 unspecified atom stereocenters. The molecule has 0 aliphatic heterocycles. The van der Waals surface area contributed by atoms with E-state index in [9.17, 15) is 19.8 Å². The Morgan fingerprint density at radius 1 is 1.00 bits per heavy atom. The van der Waals surface area contributed by atoms with Gasteiger partial charge >= 0.3 is 5.97 Å². The lowest BCUT2D eigenvalue weighted by atomic mass is 10.1. The molecule has 0 bridgehead atoms. The first kappa shape index (κ1) is 14.6. The fourth-order valence-corrected chi connectivity index (χ4v) is 1.94. The van der Waals surface area contributed by atoms with Gasteiger partial charge in [-0.25, -0.2) is 4.79 Å². The van der Waals surface area contributed by atoms with Crippen molar-refractivity contribution < 1.29 is 19.8 Å². The van der Waals surface area contributed by atoms with E-state index in [2.05, 4.69) is 5.32 Å². The lowest BCUT2D eigenvalue weighted by Crippen LogP contribution is -2.34. The first-order chi connectivity index (χ1) is 10.1. The third kappa shape index (κ3) is 4.07. The van der Waals surface area contributed by atoms with E-state index in [0.717, 1.165) is 0 Å². The summed E-state index contributed by atoms with van der Waals surface area (Å²) in [5.74, 6) is -1.39. The molecular weight excluding hydrogens is 270 g/mol. The van der Waals surface area contributed by atoms with Crippen molar-refractivity contribution in [3.63, 3.8) is 0 Å². The lowest BCUT2D eigenvalue weighted by molar-refractivity contribution is -0.141. The molecule has 0 radical (unpaired) electrons. The highest BCUT2D eigenvalue weighted by atomic mass is 16.4. The highest BCUT2D eigenvalue weighted by Crippen LogP contribution is 2.14. The van der Waals surface area contributed by atoms with E-state index in [1.54, 1.807) is 42.5 Å². The van der Waals surface area contributed by atoms with Gasteiger partial charge in [-0.3, -0.25) is 4.79 Å². The van der Waals surface area contributed by atoms with Crippen molar-refractivity contribution in [3.8, 4) is 5.75 Å². The minimum absolute atomic E-state index is 0.0525. The normalized spacial score (nSPS) is 11.6. The number of carboxylic acid groups (broad SMARTS) is 1. The number of rotatable bonds is 5. The van der Waals surface area contributed by atoms with Crippen LogP contribution in [0.25, 0.3) is 0 Å². The summed E-state index contributed by atoms with van der Waals surface area (Å²) in [6.07, 6.45) is 0.0525. The van der Waals surface area contributed by atoms with Crippen molar-refractivity contribution in [1.82, 2.24) is 5.32 Å². The molecule has 0 aromatic heterocycles. The monoisotopic (exact) mass is 285 g/mol. The Kier molecular flexibility index (Phi) is 4.56. The molecule has 108 valence electrons. The molecule has 5 nitrogen and oxygen atoms in total. The van der Waals surface area contributed by atoms with Gasteiger partial charge in [0.1, 0.15) is 5.75 Å². The Labute approximate surface area is 121 Å². The van der Waals surface area contributed by atoms with Crippen molar-refractivity contribution >= 4 is 11.9 Å². The van der Waals surface area contributed by atoms with E-state index in [1.807, 2.05) is 0 Å². The van der Waals surface area contributed by atoms with Gasteiger partial charge in [-0.2, -0.15) is 0 Å². The van der Waals surface area contributed by atoms with Gasteiger partial charge in [0, 0.05) is 0 Å². The molecule has 2 rings (SSSR count). The van der Waals surface area contributed by atoms with Gasteiger partial charge in [0.2, 0.25) is 5.91 Å². The van der Waals surface area contributed by atoms with Crippen LogP contribution in [0.2, 0.25) is 0 Å². The van der Waals surface area contributed by atoms with E-state index in [0.29, 0.717) is 11.1 Å². The van der Waals surface area contributed by atoms with Crippen LogP contribution in [0.4, 0.5) is 0 Å². The topological polar surface area (TPSA) is 86.6 Å². The number of carbonyl (C=O) groups excluding carboxylic acids is 1. The third-order valence-corrected chi connectivity index (χ3v) is 2.99. The van der Waals surface area contributed by atoms with E-state index in [-0.39, 0.29) is 12.2 Å². The predicted molar refractivity (Wildman–Crippen MR) is 76.8 cm³/mol. The number of hydrogen-bond acceptors (Lipinski definition) is 3. The molecule has 0 saturated carbocycles. The summed E-state index contributed by atoms with van der Waals surface area (Å²) in [6, 6.07) is 13.6. The van der Waals surface area contributed by atoms with E-state index in [1.165, 1.54) is 12.1 Å². The van der Waals surface area contributed by atoms with Crippen LogP contribution in [-0.4, -0.2) is 22.1 Å². The van der Waals surface area contributed by atoms with Crippen LogP contribution in [-0.2, 0) is 16.0 Å². The summed E-state index contributed by atoms with van der Waals surface area (Å²) in [5.41, 5.74) is 1.21. The fourth-order valence-electron chi connectivity index (χ4n) is 1.94. The van der Waals surface area contributed by atoms with Gasteiger partial charge in [0.05, 0.1) is 6.42 Å². The fraction of sp³-hybridized carbons (Fsp3) is 0.125. The van der Waals surface area contributed by atoms with E-state index < -0.39 is 17.9 Å². The zero-order chi connectivity index (χ0) is 15.2. The molecule has 2 aromatic carbocycles. The van der Waals surface area contributed by atoms with Crippen molar-refractivity contribution in [2.24, 2.45) is 0 Å². The average Bonchev–Trinajstić information content (AvgIpc) is 2.48. The Hall–Kier alpha value is -2.82. The van der Waals surface area contributed by atoms with Crippen LogP contribution in [0.15, 0.2) is 54.6 Å². The summed E-state index contributed by atoms with van der Waals surface area (Å²) < 4.78 is 0. The second-order valence-corrected chi connectivity index (χ2v) is 4.59. The number of hydrogen-bond donors (Lipinski definition) is 3. The Morgan fingerprint density at radius 2 is 1.62 bits per heavy atom. The lowest BCUT2D eigenvalue weighted by Gasteiger charge is -2.15. The van der Waals surface area contributed by atoms with Gasteiger partial charge in [0.25, 0.3) is 0 Å². The minimum Gasteiger partial charge on any atom is -0.508 e. The van der Waals surface area contributed by atoms with Gasteiger partial charge in [-0.05, 0) is 23.3 Å². The van der Waals surface area contributed by atoms with Gasteiger partial charge < -0.3 is 15.5 Å². The number of aliphatic carboxylic acids is 1. The smallest absolute Gasteiger partial charge is 0.330 e. The van der Waals surface area contributed by atoms with Crippen molar-refractivity contribution in [2.75, 3.05) is 0 Å². The standard InChI is InChI=1S/C16H15NO4/c18-13-8-6-11(7-9-13)10-14(19)17-15(16(20)21)12-4-2-1-3-5-12/h1-9,15,18H,10H2,(H,17,19)(H,20,21)/t15-/m1/s1. The number of amides is 1. The molecule has 21 heavy (non-hydrogen) atoms. The first-order valence-electron chi connectivity index (χ1n) is 6.41. The molecule has 0 aliphatic rings. The maximum Gasteiger partial charge on any atom is 0.330 e. The first-order valence-corrected chi connectivity index (χ1v) is 6.41. The quantitative estimate of drug-likeness (QED) is 0.782. The summed E-state index contributed by atoms with van der Waals surface area (Å²) in [6.45, 7) is 0. The summed E-state index contributed by atoms with van der Waals surface area (Å²) in [4.78, 5) is 23.2. The number of carboxylic acids is 1. The Morgan fingerprint density at radius 3 is 2.19 bits per heavy atom. The van der Waals surface area contributed by atoms with Crippen molar-refractivity contribution in [3.05, 3.63) is 65.7 Å². The van der Waals surface area contributed by atoms with Crippen LogP contribution in [0.3, 0.4) is 0 Å². The van der Waals surface area contributed by atoms with Crippen molar-refractivity contribution in [2.45, 2.75) is 12.5 Å². The van der Waals surface area contributed by atoms with Crippen LogP contribution in [0.5, 0.6) is 5.75 Å². The number of aromatic hydroxyl groups is 1. The maximum atomic E-state index is 11.9. The number of benzene rings is 2. The molecule has 0 heterocycles. The molecule has 2 aromatic rings. The van der Waals surface area contributed by atoms with Gasteiger partial charge in [-0.1, -0.05) is 42.5 Å².